The Bertz CT molecular complexity index is 981. The lowest BCUT2D eigenvalue weighted by Crippen LogP contribution is -2.37. The van der Waals surface area contributed by atoms with E-state index in [1.807, 2.05) is 29.2 Å². The molecule has 1 aliphatic heterocycles. The van der Waals surface area contributed by atoms with Gasteiger partial charge in [0.05, 0.1) is 6.54 Å². The highest BCUT2D eigenvalue weighted by molar-refractivity contribution is 5.98. The molecular weight excluding hydrogens is 416 g/mol. The molecule has 1 heterocycles. The SMILES string of the molecule is CC1CCN(C(=O)c2cccc(NC(=O)CNc3cccc(CCC(=O)N(C)C)c3)c2)CC1. The number of benzene rings is 2. The second-order valence-corrected chi connectivity index (χ2v) is 8.95. The van der Waals surface area contributed by atoms with Gasteiger partial charge >= 0.3 is 0 Å². The summed E-state index contributed by atoms with van der Waals surface area (Å²) < 4.78 is 0. The molecule has 0 unspecified atom stereocenters. The van der Waals surface area contributed by atoms with Gasteiger partial charge < -0.3 is 20.4 Å². The second-order valence-electron chi connectivity index (χ2n) is 8.95. The Labute approximate surface area is 196 Å². The fraction of sp³-hybridized carbons (Fsp3) is 0.423. The van der Waals surface area contributed by atoms with Crippen LogP contribution in [0, 0.1) is 5.92 Å². The number of amides is 3. The summed E-state index contributed by atoms with van der Waals surface area (Å²) in [5.41, 5.74) is 3.06. The maximum atomic E-state index is 12.8. The first-order valence-electron chi connectivity index (χ1n) is 11.5. The first-order chi connectivity index (χ1) is 15.8. The van der Waals surface area contributed by atoms with Crippen molar-refractivity contribution in [1.82, 2.24) is 9.80 Å². The third kappa shape index (κ3) is 7.34. The Kier molecular flexibility index (Phi) is 8.46. The molecule has 1 aliphatic rings. The average molecular weight is 451 g/mol. The Morgan fingerprint density at radius 2 is 1.70 bits per heavy atom. The summed E-state index contributed by atoms with van der Waals surface area (Å²) in [4.78, 5) is 40.5. The maximum Gasteiger partial charge on any atom is 0.253 e. The molecule has 0 bridgehead atoms. The van der Waals surface area contributed by atoms with Gasteiger partial charge in [0.1, 0.15) is 0 Å². The van der Waals surface area contributed by atoms with Gasteiger partial charge in [-0.2, -0.15) is 0 Å². The van der Waals surface area contributed by atoms with Crippen molar-refractivity contribution >= 4 is 29.1 Å². The molecule has 0 aromatic heterocycles. The van der Waals surface area contributed by atoms with Crippen LogP contribution in [0.1, 0.15) is 42.1 Å². The molecule has 1 saturated heterocycles. The predicted molar refractivity (Wildman–Crippen MR) is 131 cm³/mol. The molecule has 2 aromatic rings. The monoisotopic (exact) mass is 450 g/mol. The lowest BCUT2D eigenvalue weighted by atomic mass is 9.98. The van der Waals surface area contributed by atoms with Crippen LogP contribution in [0.3, 0.4) is 0 Å². The first-order valence-corrected chi connectivity index (χ1v) is 11.5. The van der Waals surface area contributed by atoms with Crippen molar-refractivity contribution in [3.8, 4) is 0 Å². The van der Waals surface area contributed by atoms with Gasteiger partial charge in [0.15, 0.2) is 0 Å². The Morgan fingerprint density at radius 1 is 1.00 bits per heavy atom. The molecule has 0 aliphatic carbocycles. The van der Waals surface area contributed by atoms with Crippen molar-refractivity contribution in [2.45, 2.75) is 32.6 Å². The molecule has 1 fully saturated rings. The number of anilines is 2. The van der Waals surface area contributed by atoms with Crippen LogP contribution in [0.25, 0.3) is 0 Å². The van der Waals surface area contributed by atoms with Crippen molar-refractivity contribution < 1.29 is 14.4 Å². The molecule has 2 N–H and O–H groups in total. The molecule has 0 spiro atoms. The number of hydrogen-bond acceptors (Lipinski definition) is 4. The molecule has 2 aromatic carbocycles. The number of nitrogens with zero attached hydrogens (tertiary/aromatic N) is 2. The van der Waals surface area contributed by atoms with E-state index in [4.69, 9.17) is 0 Å². The largest absolute Gasteiger partial charge is 0.376 e. The number of piperidine rings is 1. The second kappa shape index (κ2) is 11.5. The van der Waals surface area contributed by atoms with Crippen molar-refractivity contribution in [2.24, 2.45) is 5.92 Å². The molecule has 0 radical (unpaired) electrons. The summed E-state index contributed by atoms with van der Waals surface area (Å²) in [5.74, 6) is 0.567. The molecule has 7 heteroatoms. The Balaban J connectivity index is 1.51. The standard InChI is InChI=1S/C26H34N4O3/c1-19-12-14-30(15-13-19)26(33)21-7-5-9-23(17-21)28-24(31)18-27-22-8-4-6-20(16-22)10-11-25(32)29(2)3/h4-9,16-17,19,27H,10-15,18H2,1-3H3,(H,28,31). The van der Waals surface area contributed by atoms with E-state index in [1.54, 1.807) is 43.3 Å². The van der Waals surface area contributed by atoms with Gasteiger partial charge in [-0.1, -0.05) is 25.1 Å². The number of carbonyl (C=O) groups excluding carboxylic acids is 3. The fourth-order valence-corrected chi connectivity index (χ4v) is 3.82. The van der Waals surface area contributed by atoms with Gasteiger partial charge in [-0.05, 0) is 61.1 Å². The highest BCUT2D eigenvalue weighted by atomic mass is 16.2. The molecule has 33 heavy (non-hydrogen) atoms. The van der Waals surface area contributed by atoms with E-state index in [9.17, 15) is 14.4 Å². The average Bonchev–Trinajstić information content (AvgIpc) is 2.81. The molecule has 176 valence electrons. The number of hydrogen-bond donors (Lipinski definition) is 2. The minimum absolute atomic E-state index is 0.0145. The summed E-state index contributed by atoms with van der Waals surface area (Å²) in [7, 11) is 3.50. The first kappa shape index (κ1) is 24.3. The minimum Gasteiger partial charge on any atom is -0.376 e. The fourth-order valence-electron chi connectivity index (χ4n) is 3.82. The number of nitrogens with one attached hydrogen (secondary N) is 2. The third-order valence-corrected chi connectivity index (χ3v) is 5.97. The zero-order valence-electron chi connectivity index (χ0n) is 19.8. The Hall–Kier alpha value is -3.35. The van der Waals surface area contributed by atoms with E-state index in [0.717, 1.165) is 37.2 Å². The van der Waals surface area contributed by atoms with Crippen LogP contribution >= 0.6 is 0 Å². The summed E-state index contributed by atoms with van der Waals surface area (Å²) in [6.07, 6.45) is 3.15. The Morgan fingerprint density at radius 3 is 2.42 bits per heavy atom. The summed E-state index contributed by atoms with van der Waals surface area (Å²) in [5, 5.41) is 5.99. The third-order valence-electron chi connectivity index (χ3n) is 5.97. The van der Waals surface area contributed by atoms with Crippen LogP contribution in [0.2, 0.25) is 0 Å². The van der Waals surface area contributed by atoms with Crippen LogP contribution in [0.5, 0.6) is 0 Å². The summed E-state index contributed by atoms with van der Waals surface area (Å²) in [6.45, 7) is 3.88. The van der Waals surface area contributed by atoms with Crippen LogP contribution in [-0.4, -0.2) is 61.3 Å². The smallest absolute Gasteiger partial charge is 0.253 e. The molecule has 3 amide bonds. The quantitative estimate of drug-likeness (QED) is 0.644. The van der Waals surface area contributed by atoms with Crippen LogP contribution in [0.15, 0.2) is 48.5 Å². The predicted octanol–water partition coefficient (Wildman–Crippen LogP) is 3.63. The van der Waals surface area contributed by atoms with Gasteiger partial charge in [0, 0.05) is 50.5 Å². The van der Waals surface area contributed by atoms with Crippen molar-refractivity contribution in [2.75, 3.05) is 44.4 Å². The normalized spacial score (nSPS) is 14.0. The van der Waals surface area contributed by atoms with Gasteiger partial charge in [0.25, 0.3) is 5.91 Å². The molecule has 0 saturated carbocycles. The van der Waals surface area contributed by atoms with Crippen molar-refractivity contribution in [3.63, 3.8) is 0 Å². The number of rotatable bonds is 8. The van der Waals surface area contributed by atoms with Crippen molar-refractivity contribution in [3.05, 3.63) is 59.7 Å². The van der Waals surface area contributed by atoms with E-state index in [1.165, 1.54) is 0 Å². The summed E-state index contributed by atoms with van der Waals surface area (Å²) >= 11 is 0. The lowest BCUT2D eigenvalue weighted by molar-refractivity contribution is -0.128. The molecule has 0 atom stereocenters. The molecule has 7 nitrogen and oxygen atoms in total. The van der Waals surface area contributed by atoms with Gasteiger partial charge in [-0.15, -0.1) is 0 Å². The van der Waals surface area contributed by atoms with E-state index in [2.05, 4.69) is 17.6 Å². The topological polar surface area (TPSA) is 81.8 Å². The zero-order chi connectivity index (χ0) is 23.8. The highest BCUT2D eigenvalue weighted by Crippen LogP contribution is 2.20. The summed E-state index contributed by atoms with van der Waals surface area (Å²) in [6, 6.07) is 14.8. The van der Waals surface area contributed by atoms with E-state index < -0.39 is 0 Å². The number of likely N-dealkylation sites (tertiary alicyclic amines) is 1. The zero-order valence-corrected chi connectivity index (χ0v) is 19.8. The van der Waals surface area contributed by atoms with Gasteiger partial charge in [0.2, 0.25) is 11.8 Å². The van der Waals surface area contributed by atoms with E-state index in [0.29, 0.717) is 30.0 Å². The van der Waals surface area contributed by atoms with Gasteiger partial charge in [-0.3, -0.25) is 14.4 Å². The van der Waals surface area contributed by atoms with E-state index >= 15 is 0 Å². The van der Waals surface area contributed by atoms with Crippen LogP contribution in [-0.2, 0) is 16.0 Å². The van der Waals surface area contributed by atoms with Crippen LogP contribution in [0.4, 0.5) is 11.4 Å². The highest BCUT2D eigenvalue weighted by Gasteiger charge is 2.21. The lowest BCUT2D eigenvalue weighted by Gasteiger charge is -2.30. The number of carbonyl (C=O) groups is 3. The van der Waals surface area contributed by atoms with Crippen LogP contribution < -0.4 is 10.6 Å². The number of aryl methyl sites for hydroxylation is 1. The van der Waals surface area contributed by atoms with E-state index in [-0.39, 0.29) is 24.3 Å². The van der Waals surface area contributed by atoms with Gasteiger partial charge in [-0.25, -0.2) is 0 Å². The maximum absolute atomic E-state index is 12.8. The molecular formula is C26H34N4O3. The van der Waals surface area contributed by atoms with Crippen molar-refractivity contribution in [1.29, 1.82) is 0 Å². The minimum atomic E-state index is -0.195. The molecule has 3 rings (SSSR count).